The molecule has 2 heterocycles. The number of amides is 1. The molecule has 1 aliphatic rings. The van der Waals surface area contributed by atoms with E-state index in [1.807, 2.05) is 11.4 Å². The van der Waals surface area contributed by atoms with Crippen molar-refractivity contribution in [2.24, 2.45) is 5.92 Å². The third kappa shape index (κ3) is 4.18. The van der Waals surface area contributed by atoms with Crippen LogP contribution in [0.2, 0.25) is 0 Å². The van der Waals surface area contributed by atoms with Gasteiger partial charge in [0.15, 0.2) is 0 Å². The Bertz CT molecular complexity index is 660. The van der Waals surface area contributed by atoms with Crippen LogP contribution < -0.4 is 10.1 Å². The molecule has 0 radical (unpaired) electrons. The largest absolute Gasteiger partial charge is 0.426 e. The fourth-order valence-corrected chi connectivity index (χ4v) is 2.96. The molecule has 1 saturated heterocycles. The summed E-state index contributed by atoms with van der Waals surface area (Å²) in [5.41, 5.74) is 0.661. The van der Waals surface area contributed by atoms with Gasteiger partial charge in [-0.25, -0.2) is 0 Å². The van der Waals surface area contributed by atoms with Gasteiger partial charge in [0.2, 0.25) is 0 Å². The van der Waals surface area contributed by atoms with Crippen molar-refractivity contribution in [1.29, 1.82) is 0 Å². The Labute approximate surface area is 138 Å². The Balaban J connectivity index is 1.56. The van der Waals surface area contributed by atoms with Crippen molar-refractivity contribution in [2.75, 3.05) is 18.5 Å². The van der Waals surface area contributed by atoms with Crippen LogP contribution in [0.4, 0.5) is 5.69 Å². The van der Waals surface area contributed by atoms with Gasteiger partial charge in [0, 0.05) is 18.9 Å². The number of rotatable bonds is 4. The van der Waals surface area contributed by atoms with Crippen LogP contribution in [0.1, 0.15) is 22.5 Å². The van der Waals surface area contributed by atoms with Gasteiger partial charge in [0.25, 0.3) is 5.91 Å². The fourth-order valence-electron chi connectivity index (χ4n) is 2.34. The average Bonchev–Trinajstić information content (AvgIpc) is 3.12. The topological polar surface area (TPSA) is 64.6 Å². The van der Waals surface area contributed by atoms with Crippen molar-refractivity contribution in [3.8, 4) is 5.75 Å². The molecule has 120 valence electrons. The number of benzene rings is 1. The molecule has 1 amide bonds. The van der Waals surface area contributed by atoms with Gasteiger partial charge < -0.3 is 14.8 Å². The van der Waals surface area contributed by atoms with Gasteiger partial charge >= 0.3 is 5.97 Å². The Morgan fingerprint density at radius 2 is 1.87 bits per heavy atom. The molecule has 0 atom stereocenters. The molecule has 0 unspecified atom stereocenters. The summed E-state index contributed by atoms with van der Waals surface area (Å²) in [6.45, 7) is 1.21. The Hall–Kier alpha value is -2.18. The zero-order chi connectivity index (χ0) is 16.1. The van der Waals surface area contributed by atoms with Gasteiger partial charge in [-0.3, -0.25) is 9.59 Å². The van der Waals surface area contributed by atoms with Gasteiger partial charge in [-0.05, 0) is 48.6 Å². The minimum Gasteiger partial charge on any atom is -0.426 e. The molecule has 23 heavy (non-hydrogen) atoms. The molecule has 2 aromatic rings. The van der Waals surface area contributed by atoms with E-state index in [-0.39, 0.29) is 17.8 Å². The second-order valence-corrected chi connectivity index (χ2v) is 6.21. The van der Waals surface area contributed by atoms with Crippen molar-refractivity contribution in [3.63, 3.8) is 0 Å². The van der Waals surface area contributed by atoms with E-state index in [2.05, 4.69) is 5.32 Å². The van der Waals surface area contributed by atoms with E-state index in [9.17, 15) is 9.59 Å². The third-order valence-electron chi connectivity index (χ3n) is 3.63. The maximum atomic E-state index is 12.0. The summed E-state index contributed by atoms with van der Waals surface area (Å²) in [4.78, 5) is 24.6. The number of anilines is 1. The van der Waals surface area contributed by atoms with E-state index in [0.717, 1.165) is 0 Å². The first-order valence-electron chi connectivity index (χ1n) is 7.47. The second kappa shape index (κ2) is 7.39. The van der Waals surface area contributed by atoms with Crippen molar-refractivity contribution in [2.45, 2.75) is 12.8 Å². The first kappa shape index (κ1) is 15.7. The van der Waals surface area contributed by atoms with Crippen LogP contribution in [0.5, 0.6) is 5.75 Å². The van der Waals surface area contributed by atoms with Crippen LogP contribution in [0.3, 0.4) is 0 Å². The summed E-state index contributed by atoms with van der Waals surface area (Å²) in [6.07, 6.45) is 1.40. The molecule has 1 fully saturated rings. The zero-order valence-electron chi connectivity index (χ0n) is 12.5. The number of thiophene rings is 1. The van der Waals surface area contributed by atoms with Crippen LogP contribution in [0, 0.1) is 5.92 Å². The molecule has 1 aromatic carbocycles. The Morgan fingerprint density at radius 1 is 1.13 bits per heavy atom. The molecule has 3 rings (SSSR count). The van der Waals surface area contributed by atoms with Crippen molar-refractivity contribution in [1.82, 2.24) is 0 Å². The molecule has 0 bridgehead atoms. The lowest BCUT2D eigenvalue weighted by molar-refractivity contribution is -0.142. The summed E-state index contributed by atoms with van der Waals surface area (Å²) < 4.78 is 10.6. The fraction of sp³-hybridized carbons (Fsp3) is 0.294. The number of ether oxygens (including phenoxy) is 2. The van der Waals surface area contributed by atoms with E-state index in [1.165, 1.54) is 11.3 Å². The molecule has 0 spiro atoms. The number of hydrogen-bond donors (Lipinski definition) is 1. The minimum absolute atomic E-state index is 0.0954. The Morgan fingerprint density at radius 3 is 2.52 bits per heavy atom. The monoisotopic (exact) mass is 331 g/mol. The lowest BCUT2D eigenvalue weighted by Crippen LogP contribution is -2.27. The number of carbonyl (C=O) groups excluding carboxylic acids is 2. The first-order chi connectivity index (χ1) is 11.2. The van der Waals surface area contributed by atoms with E-state index < -0.39 is 0 Å². The summed E-state index contributed by atoms with van der Waals surface area (Å²) in [5.74, 6) is 0.0215. The van der Waals surface area contributed by atoms with Gasteiger partial charge in [0.1, 0.15) is 5.75 Å². The summed E-state index contributed by atoms with van der Waals surface area (Å²) >= 11 is 1.39. The predicted octanol–water partition coefficient (Wildman–Crippen LogP) is 3.33. The first-order valence-corrected chi connectivity index (χ1v) is 8.35. The third-order valence-corrected chi connectivity index (χ3v) is 4.50. The molecule has 6 heteroatoms. The normalized spacial score (nSPS) is 15.1. The van der Waals surface area contributed by atoms with E-state index in [0.29, 0.717) is 42.4 Å². The Kier molecular flexibility index (Phi) is 5.05. The molecule has 0 aliphatic carbocycles. The molecule has 5 nitrogen and oxygen atoms in total. The number of carbonyl (C=O) groups is 2. The van der Waals surface area contributed by atoms with Gasteiger partial charge in [0.05, 0.1) is 10.8 Å². The highest BCUT2D eigenvalue weighted by atomic mass is 32.1. The highest BCUT2D eigenvalue weighted by molar-refractivity contribution is 7.12. The highest BCUT2D eigenvalue weighted by Crippen LogP contribution is 2.21. The quantitative estimate of drug-likeness (QED) is 0.689. The summed E-state index contributed by atoms with van der Waals surface area (Å²) in [6, 6.07) is 10.4. The van der Waals surface area contributed by atoms with E-state index in [4.69, 9.17) is 9.47 Å². The summed E-state index contributed by atoms with van der Waals surface area (Å²) in [7, 11) is 0. The highest BCUT2D eigenvalue weighted by Gasteiger charge is 2.23. The molecular weight excluding hydrogens is 314 g/mol. The second-order valence-electron chi connectivity index (χ2n) is 5.26. The van der Waals surface area contributed by atoms with Crippen LogP contribution >= 0.6 is 11.3 Å². The van der Waals surface area contributed by atoms with Crippen LogP contribution in [-0.2, 0) is 9.53 Å². The van der Waals surface area contributed by atoms with Crippen LogP contribution in [-0.4, -0.2) is 25.1 Å². The average molecular weight is 331 g/mol. The molecule has 0 saturated carbocycles. The lowest BCUT2D eigenvalue weighted by Gasteiger charge is -2.20. The maximum absolute atomic E-state index is 12.0. The minimum atomic E-state index is -0.219. The van der Waals surface area contributed by atoms with Crippen LogP contribution in [0.15, 0.2) is 41.8 Å². The van der Waals surface area contributed by atoms with Gasteiger partial charge in [-0.2, -0.15) is 0 Å². The standard InChI is InChI=1S/C17H17NO4S/c19-16(15-2-1-11-23-15)18-13-3-5-14(6-4-13)22-17(20)12-7-9-21-10-8-12/h1-6,11-12H,7-10H2,(H,18,19). The number of hydrogen-bond acceptors (Lipinski definition) is 5. The zero-order valence-corrected chi connectivity index (χ0v) is 13.3. The van der Waals surface area contributed by atoms with Crippen LogP contribution in [0.25, 0.3) is 0 Å². The van der Waals surface area contributed by atoms with Gasteiger partial charge in [-0.15, -0.1) is 11.3 Å². The smallest absolute Gasteiger partial charge is 0.314 e. The van der Waals surface area contributed by atoms with Crippen molar-refractivity contribution < 1.29 is 19.1 Å². The van der Waals surface area contributed by atoms with E-state index >= 15 is 0 Å². The van der Waals surface area contributed by atoms with Crippen molar-refractivity contribution >= 4 is 28.9 Å². The molecule has 1 aromatic heterocycles. The summed E-state index contributed by atoms with van der Waals surface area (Å²) in [5, 5.41) is 4.66. The lowest BCUT2D eigenvalue weighted by atomic mass is 10.0. The molecule has 1 N–H and O–H groups in total. The predicted molar refractivity (Wildman–Crippen MR) is 87.9 cm³/mol. The molecule has 1 aliphatic heterocycles. The van der Waals surface area contributed by atoms with E-state index in [1.54, 1.807) is 30.3 Å². The SMILES string of the molecule is O=C(Nc1ccc(OC(=O)C2CCOCC2)cc1)c1cccs1. The number of nitrogens with one attached hydrogen (secondary N) is 1. The molecular formula is C17H17NO4S. The number of esters is 1. The maximum Gasteiger partial charge on any atom is 0.314 e. The van der Waals surface area contributed by atoms with Gasteiger partial charge in [-0.1, -0.05) is 6.07 Å². The van der Waals surface area contributed by atoms with Crippen molar-refractivity contribution in [3.05, 3.63) is 46.7 Å².